The van der Waals surface area contributed by atoms with Gasteiger partial charge < -0.3 is 0 Å². The molecule has 146 valence electrons. The fraction of sp³-hybridized carbons (Fsp3) is 0.481. The monoisotopic (exact) mass is 362 g/mol. The molecule has 0 spiro atoms. The highest BCUT2D eigenvalue weighted by Crippen LogP contribution is 2.43. The molecule has 0 heteroatoms. The van der Waals surface area contributed by atoms with Crippen molar-refractivity contribution < 1.29 is 0 Å². The summed E-state index contributed by atoms with van der Waals surface area (Å²) in [6.07, 6.45) is 6.89. The molecule has 27 heavy (non-hydrogen) atoms. The molecule has 0 N–H and O–H groups in total. The van der Waals surface area contributed by atoms with Crippen molar-refractivity contribution in [1.29, 1.82) is 0 Å². The van der Waals surface area contributed by atoms with Crippen LogP contribution in [0.25, 0.3) is 5.57 Å². The van der Waals surface area contributed by atoms with Gasteiger partial charge in [-0.1, -0.05) is 108 Å². The summed E-state index contributed by atoms with van der Waals surface area (Å²) >= 11 is 0. The largest absolute Gasteiger partial charge is 0.0995 e. The van der Waals surface area contributed by atoms with Crippen molar-refractivity contribution in [2.45, 2.75) is 67.2 Å². The van der Waals surface area contributed by atoms with Crippen LogP contribution in [0, 0.1) is 17.3 Å². The van der Waals surface area contributed by atoms with Crippen LogP contribution in [0.4, 0.5) is 0 Å². The molecule has 0 nitrogen and oxygen atoms in total. The Kier molecular flexibility index (Phi) is 6.73. The second-order valence-electron chi connectivity index (χ2n) is 9.58. The Morgan fingerprint density at radius 1 is 1.07 bits per heavy atom. The van der Waals surface area contributed by atoms with Crippen LogP contribution in [0.5, 0.6) is 0 Å². The van der Waals surface area contributed by atoms with Crippen molar-refractivity contribution in [3.05, 3.63) is 77.4 Å². The van der Waals surface area contributed by atoms with Gasteiger partial charge in [-0.2, -0.15) is 0 Å². The minimum atomic E-state index is 0.292. The van der Waals surface area contributed by atoms with E-state index in [1.165, 1.54) is 33.4 Å². The molecule has 0 heterocycles. The van der Waals surface area contributed by atoms with Crippen molar-refractivity contribution in [1.82, 2.24) is 0 Å². The summed E-state index contributed by atoms with van der Waals surface area (Å²) in [6.45, 7) is 24.6. The highest BCUT2D eigenvalue weighted by molar-refractivity contribution is 5.63. The Hall–Kier alpha value is -1.82. The highest BCUT2D eigenvalue weighted by atomic mass is 14.3. The number of rotatable bonds is 7. The lowest BCUT2D eigenvalue weighted by Gasteiger charge is -2.30. The van der Waals surface area contributed by atoms with Crippen LogP contribution < -0.4 is 0 Å². The average molecular weight is 363 g/mol. The summed E-state index contributed by atoms with van der Waals surface area (Å²) in [6, 6.07) is 9.02. The van der Waals surface area contributed by atoms with E-state index in [0.717, 1.165) is 12.8 Å². The summed E-state index contributed by atoms with van der Waals surface area (Å²) in [5.74, 6) is 1.36. The quantitative estimate of drug-likeness (QED) is 0.427. The molecule has 0 saturated heterocycles. The van der Waals surface area contributed by atoms with Crippen LogP contribution in [-0.4, -0.2) is 0 Å². The van der Waals surface area contributed by atoms with Gasteiger partial charge in [0.05, 0.1) is 0 Å². The first-order valence-electron chi connectivity index (χ1n) is 10.4. The predicted octanol–water partition coefficient (Wildman–Crippen LogP) is 8.34. The van der Waals surface area contributed by atoms with E-state index >= 15 is 0 Å². The zero-order valence-corrected chi connectivity index (χ0v) is 18.5. The van der Waals surface area contributed by atoms with Gasteiger partial charge in [-0.05, 0) is 53.7 Å². The van der Waals surface area contributed by atoms with Crippen molar-refractivity contribution in [3.63, 3.8) is 0 Å². The van der Waals surface area contributed by atoms with E-state index in [4.69, 9.17) is 0 Å². The van der Waals surface area contributed by atoms with Crippen molar-refractivity contribution in [2.75, 3.05) is 0 Å². The molecule has 1 aliphatic carbocycles. The molecule has 0 bridgehead atoms. The van der Waals surface area contributed by atoms with E-state index in [1.54, 1.807) is 0 Å². The Balaban J connectivity index is 2.22. The maximum Gasteiger partial charge on any atom is 0.0240 e. The van der Waals surface area contributed by atoms with Crippen LogP contribution in [0.1, 0.15) is 78.4 Å². The van der Waals surface area contributed by atoms with Gasteiger partial charge >= 0.3 is 0 Å². The van der Waals surface area contributed by atoms with Crippen molar-refractivity contribution >= 4 is 5.57 Å². The maximum atomic E-state index is 4.44. The average Bonchev–Trinajstić information content (AvgIpc) is 3.00. The molecular weight excluding hydrogens is 324 g/mol. The second kappa shape index (κ2) is 8.46. The topological polar surface area (TPSA) is 0 Å². The minimum absolute atomic E-state index is 0.292. The molecule has 2 rings (SSSR count). The van der Waals surface area contributed by atoms with Crippen LogP contribution >= 0.6 is 0 Å². The summed E-state index contributed by atoms with van der Waals surface area (Å²) in [7, 11) is 0. The Labute approximate surface area is 167 Å². The Bertz CT molecular complexity index is 746. The van der Waals surface area contributed by atoms with E-state index in [9.17, 15) is 0 Å². The lowest BCUT2D eigenvalue weighted by Crippen LogP contribution is -2.19. The lowest BCUT2D eigenvalue weighted by molar-refractivity contribution is 0.371. The fourth-order valence-corrected chi connectivity index (χ4v) is 4.08. The summed E-state index contributed by atoms with van der Waals surface area (Å²) in [5, 5.41) is 0. The van der Waals surface area contributed by atoms with Crippen LogP contribution in [0.3, 0.4) is 0 Å². The molecule has 0 radical (unpaired) electrons. The van der Waals surface area contributed by atoms with Crippen LogP contribution in [-0.2, 0) is 0 Å². The molecule has 1 aliphatic rings. The first kappa shape index (κ1) is 21.5. The second-order valence-corrected chi connectivity index (χ2v) is 9.58. The third kappa shape index (κ3) is 5.34. The van der Waals surface area contributed by atoms with Crippen LogP contribution in [0.15, 0.2) is 66.3 Å². The Morgan fingerprint density at radius 3 is 2.19 bits per heavy atom. The first-order valence-corrected chi connectivity index (χ1v) is 10.4. The van der Waals surface area contributed by atoms with E-state index in [0.29, 0.717) is 23.2 Å². The first-order chi connectivity index (χ1) is 12.5. The molecule has 1 aromatic rings. The summed E-state index contributed by atoms with van der Waals surface area (Å²) in [5.41, 5.74) is 8.40. The van der Waals surface area contributed by atoms with Gasteiger partial charge in [0.15, 0.2) is 0 Å². The normalized spacial score (nSPS) is 19.3. The number of allylic oxidation sites excluding steroid dienone is 6. The maximum absolute atomic E-state index is 4.44. The third-order valence-electron chi connectivity index (χ3n) is 5.96. The number of benzene rings is 1. The van der Waals surface area contributed by atoms with Crippen LogP contribution in [0.2, 0.25) is 0 Å². The van der Waals surface area contributed by atoms with E-state index in [2.05, 4.69) is 98.0 Å². The van der Waals surface area contributed by atoms with Gasteiger partial charge in [-0.15, -0.1) is 0 Å². The molecule has 1 aromatic carbocycles. The van der Waals surface area contributed by atoms with E-state index in [1.807, 2.05) is 0 Å². The van der Waals surface area contributed by atoms with Gasteiger partial charge in [0.1, 0.15) is 0 Å². The molecule has 0 saturated carbocycles. The van der Waals surface area contributed by atoms with Gasteiger partial charge in [-0.25, -0.2) is 0 Å². The van der Waals surface area contributed by atoms with Gasteiger partial charge in [0, 0.05) is 5.92 Å². The molecule has 0 aromatic heterocycles. The third-order valence-corrected chi connectivity index (χ3v) is 5.96. The lowest BCUT2D eigenvalue weighted by atomic mass is 9.74. The van der Waals surface area contributed by atoms with E-state index < -0.39 is 0 Å². The van der Waals surface area contributed by atoms with Gasteiger partial charge in [0.25, 0.3) is 0 Å². The molecule has 3 atom stereocenters. The molecule has 0 amide bonds. The Morgan fingerprint density at radius 2 is 1.67 bits per heavy atom. The molecule has 0 aliphatic heterocycles. The van der Waals surface area contributed by atoms with Gasteiger partial charge in [-0.3, -0.25) is 0 Å². The fourth-order valence-electron chi connectivity index (χ4n) is 4.08. The van der Waals surface area contributed by atoms with E-state index in [-0.39, 0.29) is 0 Å². The summed E-state index contributed by atoms with van der Waals surface area (Å²) in [4.78, 5) is 0. The predicted molar refractivity (Wildman–Crippen MR) is 122 cm³/mol. The SMILES string of the molecule is C=C(CC)c1ccc(C2C=C(C)C=C2C(C)C(C)C(=C)CC(C)(C)C)cc1. The molecular formula is C27H38. The molecule has 0 fully saturated rings. The number of hydrogen-bond donors (Lipinski definition) is 0. The summed E-state index contributed by atoms with van der Waals surface area (Å²) < 4.78 is 0. The standard InChI is InChI=1S/C27H38/c1-10-19(3)23-11-13-24(14-12-23)26-16-18(2)15-25(26)22(6)21(5)20(4)17-27(7,8)9/h11-16,21-22,26H,3-4,10,17H2,1-2,5-9H3. The smallest absolute Gasteiger partial charge is 0.0240 e. The van der Waals surface area contributed by atoms with Gasteiger partial charge in [0.2, 0.25) is 0 Å². The highest BCUT2D eigenvalue weighted by Gasteiger charge is 2.29. The minimum Gasteiger partial charge on any atom is -0.0995 e. The number of hydrogen-bond acceptors (Lipinski definition) is 0. The zero-order chi connectivity index (χ0) is 20.4. The van der Waals surface area contributed by atoms with Crippen molar-refractivity contribution in [2.24, 2.45) is 17.3 Å². The molecule has 3 unspecified atom stereocenters. The van der Waals surface area contributed by atoms with Crippen molar-refractivity contribution in [3.8, 4) is 0 Å². The zero-order valence-electron chi connectivity index (χ0n) is 18.5.